The van der Waals surface area contributed by atoms with Crippen LogP contribution >= 0.6 is 11.8 Å². The Kier molecular flexibility index (Phi) is 6.34. The largest absolute Gasteiger partial charge is 0.465 e. The number of esters is 1. The van der Waals surface area contributed by atoms with Gasteiger partial charge in [-0.15, -0.1) is 0 Å². The molecule has 0 bridgehead atoms. The van der Waals surface area contributed by atoms with Crippen LogP contribution in [-0.4, -0.2) is 29.6 Å². The zero-order valence-electron chi connectivity index (χ0n) is 11.0. The van der Waals surface area contributed by atoms with Crippen LogP contribution in [0.5, 0.6) is 0 Å². The topological polar surface area (TPSA) is 52.3 Å². The van der Waals surface area contributed by atoms with E-state index < -0.39 is 5.54 Å². The summed E-state index contributed by atoms with van der Waals surface area (Å²) in [6, 6.07) is 0. The lowest BCUT2D eigenvalue weighted by Gasteiger charge is -2.26. The van der Waals surface area contributed by atoms with Crippen LogP contribution < -0.4 is 5.73 Å². The molecule has 1 aliphatic carbocycles. The van der Waals surface area contributed by atoms with E-state index in [-0.39, 0.29) is 5.97 Å². The zero-order chi connectivity index (χ0) is 12.7. The van der Waals surface area contributed by atoms with E-state index in [2.05, 4.69) is 6.92 Å². The van der Waals surface area contributed by atoms with Gasteiger partial charge in [0.15, 0.2) is 0 Å². The SMILES string of the molecule is CCCCCSCC(N)(C(=O)OCC)C1CC1. The van der Waals surface area contributed by atoms with E-state index in [1.54, 1.807) is 11.8 Å². The monoisotopic (exact) mass is 259 g/mol. The fourth-order valence-electron chi connectivity index (χ4n) is 1.90. The van der Waals surface area contributed by atoms with E-state index in [1.807, 2.05) is 6.92 Å². The van der Waals surface area contributed by atoms with Gasteiger partial charge in [0.25, 0.3) is 0 Å². The Morgan fingerprint density at radius 3 is 2.65 bits per heavy atom. The number of unbranched alkanes of at least 4 members (excludes halogenated alkanes) is 2. The van der Waals surface area contributed by atoms with Crippen molar-refractivity contribution in [1.82, 2.24) is 0 Å². The quantitative estimate of drug-likeness (QED) is 0.511. The molecule has 0 amide bonds. The highest BCUT2D eigenvalue weighted by Crippen LogP contribution is 2.40. The second-order valence-electron chi connectivity index (χ2n) is 4.79. The number of carbonyl (C=O) groups excluding carboxylic acids is 1. The smallest absolute Gasteiger partial charge is 0.327 e. The number of thioether (sulfide) groups is 1. The summed E-state index contributed by atoms with van der Waals surface area (Å²) in [5, 5.41) is 0. The first-order chi connectivity index (χ1) is 8.15. The molecule has 1 fully saturated rings. The molecule has 4 heteroatoms. The lowest BCUT2D eigenvalue weighted by Crippen LogP contribution is -2.53. The van der Waals surface area contributed by atoms with Gasteiger partial charge in [0.1, 0.15) is 5.54 Å². The van der Waals surface area contributed by atoms with E-state index >= 15 is 0 Å². The van der Waals surface area contributed by atoms with Gasteiger partial charge in [0.2, 0.25) is 0 Å². The predicted octanol–water partition coefficient (Wildman–Crippen LogP) is 2.58. The minimum Gasteiger partial charge on any atom is -0.465 e. The molecule has 0 heterocycles. The molecule has 0 aromatic heterocycles. The molecule has 1 atom stereocenters. The molecule has 100 valence electrons. The Morgan fingerprint density at radius 1 is 1.41 bits per heavy atom. The van der Waals surface area contributed by atoms with Crippen LogP contribution in [0.25, 0.3) is 0 Å². The number of nitrogens with two attached hydrogens (primary N) is 1. The third-order valence-electron chi connectivity index (χ3n) is 3.19. The molecule has 17 heavy (non-hydrogen) atoms. The van der Waals surface area contributed by atoms with Gasteiger partial charge in [0.05, 0.1) is 6.61 Å². The van der Waals surface area contributed by atoms with Crippen molar-refractivity contribution in [3.8, 4) is 0 Å². The molecule has 1 aliphatic rings. The summed E-state index contributed by atoms with van der Waals surface area (Å²) in [6.45, 7) is 4.45. The molecule has 3 nitrogen and oxygen atoms in total. The molecular weight excluding hydrogens is 234 g/mol. The highest BCUT2D eigenvalue weighted by Gasteiger charge is 2.48. The summed E-state index contributed by atoms with van der Waals surface area (Å²) in [5.74, 6) is 1.95. The molecule has 2 N–H and O–H groups in total. The first-order valence-corrected chi connectivity index (χ1v) is 7.84. The van der Waals surface area contributed by atoms with Gasteiger partial charge in [-0.1, -0.05) is 19.8 Å². The summed E-state index contributed by atoms with van der Waals surface area (Å²) in [6.07, 6.45) is 5.85. The van der Waals surface area contributed by atoms with Crippen LogP contribution in [0.4, 0.5) is 0 Å². The number of hydrogen-bond donors (Lipinski definition) is 1. The molecule has 1 rings (SSSR count). The highest BCUT2D eigenvalue weighted by molar-refractivity contribution is 7.99. The molecule has 1 saturated carbocycles. The Bertz CT molecular complexity index is 244. The Morgan fingerprint density at radius 2 is 2.12 bits per heavy atom. The third-order valence-corrected chi connectivity index (χ3v) is 4.45. The van der Waals surface area contributed by atoms with Gasteiger partial charge in [-0.3, -0.25) is 4.79 Å². The van der Waals surface area contributed by atoms with Crippen LogP contribution in [0, 0.1) is 5.92 Å². The fourth-order valence-corrected chi connectivity index (χ4v) is 3.15. The lowest BCUT2D eigenvalue weighted by atomic mass is 9.97. The summed E-state index contributed by atoms with van der Waals surface area (Å²) in [7, 11) is 0. The number of carbonyl (C=O) groups is 1. The predicted molar refractivity (Wildman–Crippen MR) is 73.1 cm³/mol. The molecule has 0 radical (unpaired) electrons. The van der Waals surface area contributed by atoms with Crippen molar-refractivity contribution in [1.29, 1.82) is 0 Å². The molecule has 0 saturated heterocycles. The number of hydrogen-bond acceptors (Lipinski definition) is 4. The molecule has 0 spiro atoms. The van der Waals surface area contributed by atoms with Crippen molar-refractivity contribution in [2.75, 3.05) is 18.1 Å². The molecular formula is C13H25NO2S. The van der Waals surface area contributed by atoms with E-state index in [1.165, 1.54) is 19.3 Å². The van der Waals surface area contributed by atoms with Gasteiger partial charge >= 0.3 is 5.97 Å². The van der Waals surface area contributed by atoms with Crippen molar-refractivity contribution in [3.05, 3.63) is 0 Å². The molecule has 0 aromatic rings. The van der Waals surface area contributed by atoms with Crippen molar-refractivity contribution in [2.45, 2.75) is 51.5 Å². The summed E-state index contributed by atoms with van der Waals surface area (Å²) in [4.78, 5) is 11.9. The second-order valence-corrected chi connectivity index (χ2v) is 5.90. The van der Waals surface area contributed by atoms with Crippen LogP contribution in [0.3, 0.4) is 0 Å². The molecule has 0 aromatic carbocycles. The highest BCUT2D eigenvalue weighted by atomic mass is 32.2. The Hall–Kier alpha value is -0.220. The van der Waals surface area contributed by atoms with Crippen LogP contribution in [-0.2, 0) is 9.53 Å². The van der Waals surface area contributed by atoms with Crippen LogP contribution in [0.1, 0.15) is 46.0 Å². The normalized spacial score (nSPS) is 18.8. The standard InChI is InChI=1S/C13H25NO2S/c1-3-5-6-9-17-10-13(14,11-7-8-11)12(15)16-4-2/h11H,3-10,14H2,1-2H3. The Balaban J connectivity index is 2.34. The number of rotatable bonds is 9. The van der Waals surface area contributed by atoms with Crippen molar-refractivity contribution < 1.29 is 9.53 Å². The lowest BCUT2D eigenvalue weighted by molar-refractivity contribution is -0.149. The van der Waals surface area contributed by atoms with E-state index in [0.717, 1.165) is 18.6 Å². The van der Waals surface area contributed by atoms with Crippen molar-refractivity contribution >= 4 is 17.7 Å². The average Bonchev–Trinajstić information content (AvgIpc) is 3.13. The summed E-state index contributed by atoms with van der Waals surface area (Å²) >= 11 is 1.80. The van der Waals surface area contributed by atoms with Crippen molar-refractivity contribution in [2.24, 2.45) is 11.7 Å². The minimum absolute atomic E-state index is 0.203. The summed E-state index contributed by atoms with van der Waals surface area (Å²) < 4.78 is 5.11. The fraction of sp³-hybridized carbons (Fsp3) is 0.923. The Labute approximate surface area is 109 Å². The van der Waals surface area contributed by atoms with Crippen LogP contribution in [0.15, 0.2) is 0 Å². The average molecular weight is 259 g/mol. The van der Waals surface area contributed by atoms with Gasteiger partial charge in [-0.2, -0.15) is 11.8 Å². The van der Waals surface area contributed by atoms with Gasteiger partial charge in [0, 0.05) is 5.75 Å². The minimum atomic E-state index is -0.729. The van der Waals surface area contributed by atoms with E-state index in [4.69, 9.17) is 10.5 Å². The second kappa shape index (κ2) is 7.27. The van der Waals surface area contributed by atoms with Crippen LogP contribution in [0.2, 0.25) is 0 Å². The van der Waals surface area contributed by atoms with Gasteiger partial charge in [-0.05, 0) is 37.9 Å². The van der Waals surface area contributed by atoms with Gasteiger partial charge in [-0.25, -0.2) is 0 Å². The third kappa shape index (κ3) is 4.51. The number of ether oxygens (including phenoxy) is 1. The maximum Gasteiger partial charge on any atom is 0.327 e. The van der Waals surface area contributed by atoms with Gasteiger partial charge < -0.3 is 10.5 Å². The maximum absolute atomic E-state index is 11.9. The summed E-state index contributed by atoms with van der Waals surface area (Å²) in [5.41, 5.74) is 5.52. The molecule has 0 aliphatic heterocycles. The first-order valence-electron chi connectivity index (χ1n) is 6.69. The van der Waals surface area contributed by atoms with E-state index in [9.17, 15) is 4.79 Å². The maximum atomic E-state index is 11.9. The van der Waals surface area contributed by atoms with Crippen molar-refractivity contribution in [3.63, 3.8) is 0 Å². The first kappa shape index (κ1) is 14.8. The molecule has 1 unspecified atom stereocenters. The zero-order valence-corrected chi connectivity index (χ0v) is 11.9. The van der Waals surface area contributed by atoms with E-state index in [0.29, 0.717) is 18.3 Å².